The predicted molar refractivity (Wildman–Crippen MR) is 117 cm³/mol. The van der Waals surface area contributed by atoms with Crippen molar-refractivity contribution in [2.45, 2.75) is 26.2 Å². The Hall–Kier alpha value is -1.23. The van der Waals surface area contributed by atoms with Gasteiger partial charge in [0.2, 0.25) is 0 Å². The van der Waals surface area contributed by atoms with Gasteiger partial charge in [0.25, 0.3) is 0 Å². The van der Waals surface area contributed by atoms with Gasteiger partial charge in [-0.3, -0.25) is 0 Å². The van der Waals surface area contributed by atoms with Crippen LogP contribution in [0.5, 0.6) is 0 Å². The van der Waals surface area contributed by atoms with Gasteiger partial charge in [-0.05, 0) is 50.7 Å². The first-order chi connectivity index (χ1) is 11.8. The largest absolute Gasteiger partial charge is 0.235 e. The summed E-state index contributed by atoms with van der Waals surface area (Å²) in [5, 5.41) is 0.990. The lowest BCUT2D eigenvalue weighted by Crippen LogP contribution is -2.10. The molecule has 0 amide bonds. The van der Waals surface area contributed by atoms with Crippen molar-refractivity contribution >= 4 is 55.3 Å². The smallest absolute Gasteiger partial charge is 0.117 e. The number of hydrogen-bond donors (Lipinski definition) is 0. The topological polar surface area (TPSA) is 12.9 Å². The molecule has 3 rings (SSSR count). The van der Waals surface area contributed by atoms with Gasteiger partial charge in [-0.2, -0.15) is 0 Å². The molecule has 0 bridgehead atoms. The molecule has 0 aliphatic heterocycles. The lowest BCUT2D eigenvalue weighted by Gasteiger charge is -2.18. The molecule has 25 heavy (non-hydrogen) atoms. The monoisotopic (exact) mass is 475 g/mol. The van der Waals surface area contributed by atoms with Crippen LogP contribution in [-0.4, -0.2) is 4.98 Å². The van der Waals surface area contributed by atoms with Gasteiger partial charge in [0, 0.05) is 10.0 Å². The quantitative estimate of drug-likeness (QED) is 0.375. The minimum absolute atomic E-state index is 0.183. The number of aromatic nitrogens is 1. The number of nitrogens with zero attached hydrogens (tertiary/aromatic N) is 1. The van der Waals surface area contributed by atoms with Gasteiger partial charge in [0.15, 0.2) is 0 Å². The first-order valence-electron chi connectivity index (χ1n) is 8.04. The molecule has 4 heteroatoms. The summed E-state index contributed by atoms with van der Waals surface area (Å²) in [6.45, 7) is 6.69. The van der Waals surface area contributed by atoms with Crippen molar-refractivity contribution in [3.05, 3.63) is 72.9 Å². The van der Waals surface area contributed by atoms with E-state index in [2.05, 4.69) is 101 Å². The molecule has 128 valence electrons. The van der Waals surface area contributed by atoms with E-state index in [1.165, 1.54) is 11.1 Å². The van der Waals surface area contributed by atoms with Crippen molar-refractivity contribution in [1.82, 2.24) is 4.98 Å². The molecule has 2 aromatic carbocycles. The summed E-state index contributed by atoms with van der Waals surface area (Å²) < 4.78 is 2.12. The minimum atomic E-state index is 0.183. The molecule has 0 aliphatic carbocycles. The maximum atomic E-state index is 4.75. The fourth-order valence-electron chi connectivity index (χ4n) is 2.44. The van der Waals surface area contributed by atoms with E-state index in [0.29, 0.717) is 0 Å². The Labute approximate surface area is 170 Å². The van der Waals surface area contributed by atoms with E-state index >= 15 is 0 Å². The van der Waals surface area contributed by atoms with E-state index in [1.807, 2.05) is 12.1 Å². The van der Waals surface area contributed by atoms with Crippen molar-refractivity contribution in [3.8, 4) is 11.3 Å². The average molecular weight is 477 g/mol. The molecule has 0 atom stereocenters. The van der Waals surface area contributed by atoms with Crippen molar-refractivity contribution in [3.63, 3.8) is 0 Å². The van der Waals surface area contributed by atoms with E-state index < -0.39 is 0 Å². The number of rotatable bonds is 3. The summed E-state index contributed by atoms with van der Waals surface area (Å²) >= 11 is 8.76. The van der Waals surface area contributed by atoms with E-state index in [4.69, 9.17) is 4.98 Å². The molecule has 1 aromatic heterocycles. The van der Waals surface area contributed by atoms with Gasteiger partial charge >= 0.3 is 0 Å². The molecule has 0 N–H and O–H groups in total. The second kappa shape index (κ2) is 7.56. The zero-order chi connectivity index (χ0) is 18.0. The lowest BCUT2D eigenvalue weighted by molar-refractivity contribution is 0.590. The highest BCUT2D eigenvalue weighted by atomic mass is 79.9. The van der Waals surface area contributed by atoms with Gasteiger partial charge in [0.05, 0.1) is 9.48 Å². The van der Waals surface area contributed by atoms with Gasteiger partial charge in [0.1, 0.15) is 5.01 Å². The molecule has 3 aromatic rings. The van der Waals surface area contributed by atoms with Crippen LogP contribution in [0, 0.1) is 0 Å². The molecule has 0 unspecified atom stereocenters. The molecule has 0 radical (unpaired) electrons. The fraction of sp³-hybridized carbons (Fsp3) is 0.190. The maximum Gasteiger partial charge on any atom is 0.117 e. The third-order valence-electron chi connectivity index (χ3n) is 3.92. The van der Waals surface area contributed by atoms with Gasteiger partial charge in [-0.1, -0.05) is 79.2 Å². The van der Waals surface area contributed by atoms with E-state index in [-0.39, 0.29) is 5.41 Å². The second-order valence-corrected chi connectivity index (χ2v) is 10.2. The Balaban J connectivity index is 1.80. The van der Waals surface area contributed by atoms with Crippen LogP contribution in [0.2, 0.25) is 0 Å². The number of benzene rings is 2. The Morgan fingerprint density at radius 3 is 2.12 bits per heavy atom. The van der Waals surface area contributed by atoms with Crippen molar-refractivity contribution in [1.29, 1.82) is 0 Å². The molecular formula is C21H19Br2NS. The summed E-state index contributed by atoms with van der Waals surface area (Å²) in [7, 11) is 0. The van der Waals surface area contributed by atoms with Crippen LogP contribution in [0.25, 0.3) is 23.4 Å². The molecular weight excluding hydrogens is 458 g/mol. The molecule has 0 saturated heterocycles. The van der Waals surface area contributed by atoms with Gasteiger partial charge < -0.3 is 0 Å². The first kappa shape index (κ1) is 18.6. The molecule has 0 saturated carbocycles. The molecule has 0 spiro atoms. The van der Waals surface area contributed by atoms with Crippen LogP contribution in [-0.2, 0) is 5.41 Å². The highest BCUT2D eigenvalue weighted by Crippen LogP contribution is 2.34. The molecule has 0 aliphatic rings. The minimum Gasteiger partial charge on any atom is -0.235 e. The number of halogens is 2. The Morgan fingerprint density at radius 1 is 0.880 bits per heavy atom. The summed E-state index contributed by atoms with van der Waals surface area (Å²) in [6, 6.07) is 16.9. The predicted octanol–water partition coefficient (Wildman–Crippen LogP) is 7.80. The normalized spacial score (nSPS) is 12.0. The van der Waals surface area contributed by atoms with Gasteiger partial charge in [-0.15, -0.1) is 11.3 Å². The summed E-state index contributed by atoms with van der Waals surface area (Å²) in [6.07, 6.45) is 4.19. The SMILES string of the molecule is CC(C)(C)c1ccc(/C=C/c2nc(-c3ccc(Br)cc3)c(Br)s2)cc1. The Kier molecular flexibility index (Phi) is 5.62. The lowest BCUT2D eigenvalue weighted by atomic mass is 9.87. The van der Waals surface area contributed by atoms with E-state index in [9.17, 15) is 0 Å². The number of hydrogen-bond acceptors (Lipinski definition) is 2. The Morgan fingerprint density at radius 2 is 1.52 bits per heavy atom. The zero-order valence-corrected chi connectivity index (χ0v) is 18.4. The van der Waals surface area contributed by atoms with Crippen molar-refractivity contribution < 1.29 is 0 Å². The van der Waals surface area contributed by atoms with Crippen LogP contribution in [0.15, 0.2) is 56.8 Å². The molecule has 1 nitrogen and oxygen atoms in total. The summed E-state index contributed by atoms with van der Waals surface area (Å²) in [4.78, 5) is 4.75. The van der Waals surface area contributed by atoms with Crippen LogP contribution in [0.3, 0.4) is 0 Å². The standard InChI is InChI=1S/C21H19Br2NS/c1-21(2,3)16-9-4-14(5-10-16)6-13-18-24-19(20(23)25-18)15-7-11-17(22)12-8-15/h4-13H,1-3H3/b13-6+. The average Bonchev–Trinajstić information content (AvgIpc) is 2.94. The van der Waals surface area contributed by atoms with Crippen molar-refractivity contribution in [2.75, 3.05) is 0 Å². The summed E-state index contributed by atoms with van der Waals surface area (Å²) in [5.41, 5.74) is 4.81. The van der Waals surface area contributed by atoms with Gasteiger partial charge in [-0.25, -0.2) is 4.98 Å². The van der Waals surface area contributed by atoms with Crippen molar-refractivity contribution in [2.24, 2.45) is 0 Å². The maximum absolute atomic E-state index is 4.75. The molecule has 1 heterocycles. The van der Waals surface area contributed by atoms with Crippen LogP contribution in [0.1, 0.15) is 36.9 Å². The van der Waals surface area contributed by atoms with E-state index in [0.717, 1.165) is 24.5 Å². The van der Waals surface area contributed by atoms with Crippen LogP contribution >= 0.6 is 43.2 Å². The van der Waals surface area contributed by atoms with Crippen LogP contribution < -0.4 is 0 Å². The Bertz CT molecular complexity index is 885. The van der Waals surface area contributed by atoms with E-state index in [1.54, 1.807) is 11.3 Å². The highest BCUT2D eigenvalue weighted by Gasteiger charge is 2.12. The van der Waals surface area contributed by atoms with Crippen LogP contribution in [0.4, 0.5) is 0 Å². The second-order valence-electron chi connectivity index (χ2n) is 6.89. The summed E-state index contributed by atoms with van der Waals surface area (Å²) in [5.74, 6) is 0. The first-order valence-corrected chi connectivity index (χ1v) is 10.4. The molecule has 0 fully saturated rings. The highest BCUT2D eigenvalue weighted by molar-refractivity contribution is 9.11. The third-order valence-corrected chi connectivity index (χ3v) is 6.11. The zero-order valence-electron chi connectivity index (χ0n) is 14.4. The number of thiazole rings is 1. The fourth-order valence-corrected chi connectivity index (χ4v) is 4.23. The third kappa shape index (κ3) is 4.69.